The second-order valence-electron chi connectivity index (χ2n) is 21.0. The molecular weight excluding hydrogens is 901 g/mol. The van der Waals surface area contributed by atoms with Crippen molar-refractivity contribution >= 4 is 47.9 Å². The van der Waals surface area contributed by atoms with Gasteiger partial charge in [0, 0.05) is 90.9 Å². The van der Waals surface area contributed by atoms with Crippen molar-refractivity contribution in [2.24, 2.45) is 0 Å². The van der Waals surface area contributed by atoms with Crippen LogP contribution in [0.15, 0.2) is 0 Å². The molecule has 1 N–H and O–H groups in total. The first-order valence-corrected chi connectivity index (χ1v) is 24.2. The number of rotatable bonds is 23. The Balaban J connectivity index is 2.14. The largest absolute Gasteiger partial charge is 0.478 e. The highest BCUT2D eigenvalue weighted by Crippen LogP contribution is 2.19. The third-order valence-electron chi connectivity index (χ3n) is 10.8. The van der Waals surface area contributed by atoms with E-state index in [4.69, 9.17) is 33.5 Å². The predicted molar refractivity (Wildman–Crippen MR) is 254 cm³/mol. The zero-order valence-corrected chi connectivity index (χ0v) is 43.5. The van der Waals surface area contributed by atoms with Gasteiger partial charge in [-0.2, -0.15) is 0 Å². The molecule has 0 aromatic rings. The van der Waals surface area contributed by atoms with E-state index in [0.717, 1.165) is 0 Å². The average molecular weight is 985 g/mol. The zero-order chi connectivity index (χ0) is 52.0. The minimum absolute atomic E-state index is 0.00675. The minimum Gasteiger partial charge on any atom is -0.478 e. The summed E-state index contributed by atoms with van der Waals surface area (Å²) in [7, 11) is 0. The molecule has 2 rings (SSSR count). The lowest BCUT2D eigenvalue weighted by Crippen LogP contribution is -2.53. The fraction of sp³-hybridized carbons (Fsp3) is 0.833. The molecule has 2 heterocycles. The summed E-state index contributed by atoms with van der Waals surface area (Å²) in [5.74, 6) is -3.40. The molecule has 2 aliphatic rings. The Morgan fingerprint density at radius 2 is 0.913 bits per heavy atom. The van der Waals surface area contributed by atoms with Gasteiger partial charge in [-0.15, -0.1) is 0 Å². The van der Waals surface area contributed by atoms with Gasteiger partial charge < -0.3 is 48.1 Å². The Labute approximate surface area is 409 Å². The van der Waals surface area contributed by atoms with E-state index in [1.807, 2.05) is 81.9 Å². The number of carbonyl (C=O) groups is 8. The quantitative estimate of drug-likeness (QED) is 0.0666. The molecule has 21 heteroatoms. The summed E-state index contributed by atoms with van der Waals surface area (Å²) in [5, 5.41) is 9.13. The number of ether oxygens (including phenoxy) is 6. The Bertz CT molecular complexity index is 1620. The maximum absolute atomic E-state index is 14.1. The number of carbonyl (C=O) groups excluding carboxylic acids is 7. The molecule has 2 fully saturated rings. The fourth-order valence-corrected chi connectivity index (χ4v) is 7.45. The maximum Gasteiger partial charge on any atom is 0.347 e. The van der Waals surface area contributed by atoms with E-state index < -0.39 is 34.3 Å². The lowest BCUT2D eigenvalue weighted by Gasteiger charge is -2.39. The van der Waals surface area contributed by atoms with Crippen LogP contribution in [0.3, 0.4) is 0 Å². The van der Waals surface area contributed by atoms with E-state index in [1.165, 1.54) is 13.8 Å². The molecular formula is C48H84N6O15. The summed E-state index contributed by atoms with van der Waals surface area (Å²) in [6.07, 6.45) is 1.74. The number of amides is 2. The predicted octanol–water partition coefficient (Wildman–Crippen LogP) is 1.86. The normalized spacial score (nSPS) is 17.2. The Hall–Kier alpha value is -4.28. The third-order valence-corrected chi connectivity index (χ3v) is 10.8. The van der Waals surface area contributed by atoms with Gasteiger partial charge in [0.15, 0.2) is 0 Å². The fourth-order valence-electron chi connectivity index (χ4n) is 7.45. The van der Waals surface area contributed by atoms with Gasteiger partial charge in [-0.25, -0.2) is 4.79 Å². The maximum atomic E-state index is 14.1. The summed E-state index contributed by atoms with van der Waals surface area (Å²) < 4.78 is 33.1. The van der Waals surface area contributed by atoms with Gasteiger partial charge in [-0.05, 0) is 89.0 Å². The molecule has 2 aliphatic heterocycles. The topological polar surface area (TPSA) is 232 Å². The molecule has 0 bridgehead atoms. The van der Waals surface area contributed by atoms with Gasteiger partial charge in [-0.1, -0.05) is 0 Å². The monoisotopic (exact) mass is 985 g/mol. The highest BCUT2D eigenvalue weighted by molar-refractivity contribution is 5.81. The number of piperidine rings is 1. The number of aliphatic carboxylic acids is 1. The second-order valence-corrected chi connectivity index (χ2v) is 21.0. The number of carboxylic acid groups (broad SMARTS) is 1. The SMILES string of the molecule is CC(C)(C)OC(=O)CN1CCN(CC(=O)OC(C)(C)C)CCN(CC(=O)N2CCC(N(CCOCCOCCC(=O)OC(C)(C)C(=O)O)C(=O)CCC=O)CC2)CCN(CC(=O)OC(C)(C)C)CC1. The smallest absolute Gasteiger partial charge is 0.347 e. The van der Waals surface area contributed by atoms with Crippen LogP contribution in [0.1, 0.15) is 108 Å². The van der Waals surface area contributed by atoms with Gasteiger partial charge in [0.1, 0.15) is 23.1 Å². The summed E-state index contributed by atoms with van der Waals surface area (Å²) in [4.78, 5) is 112. The van der Waals surface area contributed by atoms with Crippen molar-refractivity contribution in [3.05, 3.63) is 0 Å². The first kappa shape index (κ1) is 60.8. The molecule has 0 aromatic carbocycles. The number of carboxylic acids is 1. The molecule has 0 unspecified atom stereocenters. The number of hydrogen-bond donors (Lipinski definition) is 1. The lowest BCUT2D eigenvalue weighted by atomic mass is 10.0. The molecule has 2 amide bonds. The van der Waals surface area contributed by atoms with Crippen molar-refractivity contribution in [3.63, 3.8) is 0 Å². The van der Waals surface area contributed by atoms with Gasteiger partial charge in [-0.3, -0.25) is 48.4 Å². The van der Waals surface area contributed by atoms with Crippen LogP contribution in [-0.4, -0.2) is 235 Å². The van der Waals surface area contributed by atoms with Crippen LogP contribution in [0, 0.1) is 0 Å². The van der Waals surface area contributed by atoms with Gasteiger partial charge in [0.25, 0.3) is 0 Å². The molecule has 396 valence electrons. The highest BCUT2D eigenvalue weighted by Gasteiger charge is 2.33. The number of nitrogens with zero attached hydrogens (tertiary/aromatic N) is 6. The number of esters is 4. The lowest BCUT2D eigenvalue weighted by molar-refractivity contribution is -0.175. The van der Waals surface area contributed by atoms with Crippen LogP contribution in [0.4, 0.5) is 0 Å². The van der Waals surface area contributed by atoms with Crippen LogP contribution < -0.4 is 0 Å². The van der Waals surface area contributed by atoms with Crippen molar-refractivity contribution in [1.82, 2.24) is 29.4 Å². The highest BCUT2D eigenvalue weighted by atomic mass is 16.6. The Kier molecular flexibility index (Phi) is 25.7. The van der Waals surface area contributed by atoms with Crippen molar-refractivity contribution < 1.29 is 71.9 Å². The van der Waals surface area contributed by atoms with E-state index in [-0.39, 0.29) is 114 Å². The number of likely N-dealkylation sites (tertiary alicyclic amines) is 1. The summed E-state index contributed by atoms with van der Waals surface area (Å²) in [6, 6.07) is -0.187. The number of hydrogen-bond acceptors (Lipinski definition) is 18. The molecule has 21 nitrogen and oxygen atoms in total. The average Bonchev–Trinajstić information content (AvgIpc) is 3.20. The van der Waals surface area contributed by atoms with Gasteiger partial charge in [0.05, 0.1) is 59.0 Å². The van der Waals surface area contributed by atoms with Crippen LogP contribution in [0.2, 0.25) is 0 Å². The van der Waals surface area contributed by atoms with Crippen LogP contribution in [-0.2, 0) is 66.8 Å². The second kappa shape index (κ2) is 29.2. The summed E-state index contributed by atoms with van der Waals surface area (Å²) in [6.45, 7) is 23.9. The molecule has 0 aliphatic carbocycles. The van der Waals surface area contributed by atoms with Gasteiger partial charge in [0.2, 0.25) is 17.4 Å². The Morgan fingerprint density at radius 3 is 1.29 bits per heavy atom. The van der Waals surface area contributed by atoms with E-state index in [2.05, 4.69) is 0 Å². The van der Waals surface area contributed by atoms with E-state index in [0.29, 0.717) is 84.6 Å². The van der Waals surface area contributed by atoms with E-state index >= 15 is 0 Å². The third kappa shape index (κ3) is 27.1. The van der Waals surface area contributed by atoms with Crippen molar-refractivity contribution in [2.75, 3.05) is 125 Å². The molecule has 2 saturated heterocycles. The van der Waals surface area contributed by atoms with Crippen LogP contribution >= 0.6 is 0 Å². The van der Waals surface area contributed by atoms with E-state index in [9.17, 15) is 38.4 Å². The molecule has 0 atom stereocenters. The minimum atomic E-state index is -1.64. The molecule has 69 heavy (non-hydrogen) atoms. The van der Waals surface area contributed by atoms with Crippen molar-refractivity contribution in [1.29, 1.82) is 0 Å². The van der Waals surface area contributed by atoms with Crippen LogP contribution in [0.25, 0.3) is 0 Å². The standard InChI is InChI=1S/C48H84N6O15/c1-45(2,3)66-41(59)34-50-21-19-49(20-22-51(35-42(60)67-46(4,5)6)24-26-52(25-23-50)36-43(61)68-47(7,8)9)33-39(57)53-17-14-37(15-18-53)54(38(56)13-12-28-55)27-30-65-32-31-64-29-16-40(58)69-48(10,11)44(62)63/h28,37H,12-27,29-36H2,1-11H3,(H,62,63). The first-order valence-electron chi connectivity index (χ1n) is 24.2. The molecule has 0 saturated carbocycles. The van der Waals surface area contributed by atoms with Crippen molar-refractivity contribution in [2.45, 2.75) is 137 Å². The summed E-state index contributed by atoms with van der Waals surface area (Å²) in [5.41, 5.74) is -3.69. The molecule has 0 radical (unpaired) electrons. The van der Waals surface area contributed by atoms with E-state index in [1.54, 1.807) is 9.80 Å². The van der Waals surface area contributed by atoms with Gasteiger partial charge >= 0.3 is 29.8 Å². The zero-order valence-electron chi connectivity index (χ0n) is 43.5. The first-order chi connectivity index (χ1) is 32.1. The molecule has 0 spiro atoms. The van der Waals surface area contributed by atoms with Crippen molar-refractivity contribution in [3.8, 4) is 0 Å². The van der Waals surface area contributed by atoms with Crippen LogP contribution in [0.5, 0.6) is 0 Å². The Morgan fingerprint density at radius 1 is 0.522 bits per heavy atom. The number of aldehydes is 1. The summed E-state index contributed by atoms with van der Waals surface area (Å²) >= 11 is 0. The molecule has 0 aromatic heterocycles.